The first kappa shape index (κ1) is 17.1. The Morgan fingerprint density at radius 2 is 2.13 bits per heavy atom. The summed E-state index contributed by atoms with van der Waals surface area (Å²) in [7, 11) is 1.68. The van der Waals surface area contributed by atoms with Crippen LogP contribution in [0.5, 0.6) is 0 Å². The van der Waals surface area contributed by atoms with Gasteiger partial charge in [0.25, 0.3) is 0 Å². The molecule has 0 saturated heterocycles. The Kier molecular flexibility index (Phi) is 5.10. The third kappa shape index (κ3) is 3.73. The number of hydrogen-bond donors (Lipinski definition) is 1. The average Bonchev–Trinajstić information content (AvgIpc) is 2.90. The summed E-state index contributed by atoms with van der Waals surface area (Å²) >= 11 is 0. The molecule has 1 aromatic heterocycles. The van der Waals surface area contributed by atoms with Crippen molar-refractivity contribution in [2.45, 2.75) is 39.4 Å². The van der Waals surface area contributed by atoms with Gasteiger partial charge in [-0.3, -0.25) is 9.69 Å². The fraction of sp³-hybridized carbons (Fsp3) is 0.438. The predicted octanol–water partition coefficient (Wildman–Crippen LogP) is 2.56. The fourth-order valence-corrected chi connectivity index (χ4v) is 2.49. The van der Waals surface area contributed by atoms with Crippen LogP contribution in [0.25, 0.3) is 0 Å². The molecule has 7 heteroatoms. The molecule has 0 amide bonds. The van der Waals surface area contributed by atoms with Crippen molar-refractivity contribution in [2.75, 3.05) is 7.05 Å². The first-order chi connectivity index (χ1) is 10.8. The number of rotatable bonds is 6. The van der Waals surface area contributed by atoms with Gasteiger partial charge in [0, 0.05) is 6.04 Å². The van der Waals surface area contributed by atoms with Crippen molar-refractivity contribution in [2.24, 2.45) is 0 Å². The highest BCUT2D eigenvalue weighted by atomic mass is 19.1. The molecule has 1 atom stereocenters. The van der Waals surface area contributed by atoms with Crippen LogP contribution in [0.2, 0.25) is 0 Å². The van der Waals surface area contributed by atoms with E-state index < -0.39 is 17.8 Å². The van der Waals surface area contributed by atoms with E-state index in [-0.39, 0.29) is 6.04 Å². The molecule has 0 saturated carbocycles. The number of likely N-dealkylation sites (N-methyl/N-ethyl adjacent to an activating group) is 1. The van der Waals surface area contributed by atoms with Gasteiger partial charge < -0.3 is 9.67 Å². The average molecular weight is 320 g/mol. The van der Waals surface area contributed by atoms with Crippen LogP contribution in [0.3, 0.4) is 0 Å². The Morgan fingerprint density at radius 3 is 2.70 bits per heavy atom. The molecule has 1 aromatic carbocycles. The molecule has 1 heterocycles. The van der Waals surface area contributed by atoms with Crippen LogP contribution in [-0.2, 0) is 11.3 Å². The lowest BCUT2D eigenvalue weighted by Crippen LogP contribution is -2.31. The highest BCUT2D eigenvalue weighted by Crippen LogP contribution is 2.23. The molecule has 2 rings (SSSR count). The molecular formula is C16H21FN4O2. The largest absolute Gasteiger partial charge is 0.480 e. The number of aryl methyl sites for hydroxylation is 1. The number of benzene rings is 1. The van der Waals surface area contributed by atoms with E-state index in [4.69, 9.17) is 0 Å². The first-order valence-corrected chi connectivity index (χ1v) is 7.38. The van der Waals surface area contributed by atoms with E-state index in [1.165, 1.54) is 6.07 Å². The minimum Gasteiger partial charge on any atom is -0.480 e. The topological polar surface area (TPSA) is 71.2 Å². The second-order valence-electron chi connectivity index (χ2n) is 5.91. The second kappa shape index (κ2) is 6.87. The van der Waals surface area contributed by atoms with Gasteiger partial charge in [0.1, 0.15) is 24.0 Å². The normalized spacial score (nSPS) is 12.8. The summed E-state index contributed by atoms with van der Waals surface area (Å²) in [5.74, 6) is -0.778. The zero-order valence-electron chi connectivity index (χ0n) is 13.7. The minimum absolute atomic E-state index is 0.175. The van der Waals surface area contributed by atoms with Crippen LogP contribution >= 0.6 is 0 Å². The molecule has 0 fully saturated rings. The molecule has 1 N–H and O–H groups in total. The van der Waals surface area contributed by atoms with Gasteiger partial charge in [-0.25, -0.2) is 4.39 Å². The van der Waals surface area contributed by atoms with Crippen LogP contribution < -0.4 is 0 Å². The molecule has 0 spiro atoms. The monoisotopic (exact) mass is 320 g/mol. The van der Waals surface area contributed by atoms with E-state index in [9.17, 15) is 14.3 Å². The molecule has 6 nitrogen and oxygen atoms in total. The van der Waals surface area contributed by atoms with Gasteiger partial charge in [-0.1, -0.05) is 12.1 Å². The van der Waals surface area contributed by atoms with Crippen molar-refractivity contribution in [3.63, 3.8) is 0 Å². The Hall–Kier alpha value is -2.28. The summed E-state index contributed by atoms with van der Waals surface area (Å²) in [5.41, 5.74) is 0.888. The number of carboxylic acids is 1. The Labute approximate surface area is 134 Å². The molecule has 0 aliphatic rings. The maximum absolute atomic E-state index is 13.8. The van der Waals surface area contributed by atoms with Gasteiger partial charge in [-0.2, -0.15) is 0 Å². The number of carbonyl (C=O) groups is 1. The quantitative estimate of drug-likeness (QED) is 0.885. The first-order valence-electron chi connectivity index (χ1n) is 7.38. The van der Waals surface area contributed by atoms with Gasteiger partial charge in [0.05, 0.1) is 6.54 Å². The van der Waals surface area contributed by atoms with Crippen LogP contribution in [0.4, 0.5) is 4.39 Å². The van der Waals surface area contributed by atoms with E-state index in [1.54, 1.807) is 37.3 Å². The third-order valence-corrected chi connectivity index (χ3v) is 3.78. The van der Waals surface area contributed by atoms with Crippen molar-refractivity contribution in [1.82, 2.24) is 19.7 Å². The summed E-state index contributed by atoms with van der Waals surface area (Å²) in [6, 6.07) is 3.72. The van der Waals surface area contributed by atoms with Crippen molar-refractivity contribution < 1.29 is 14.3 Å². The van der Waals surface area contributed by atoms with E-state index in [0.29, 0.717) is 23.5 Å². The minimum atomic E-state index is -1.04. The van der Waals surface area contributed by atoms with Gasteiger partial charge in [-0.15, -0.1) is 10.2 Å². The van der Waals surface area contributed by atoms with Crippen molar-refractivity contribution in [1.29, 1.82) is 0 Å². The maximum atomic E-state index is 13.8. The van der Waals surface area contributed by atoms with Gasteiger partial charge in [0.15, 0.2) is 0 Å². The molecular weight excluding hydrogens is 299 g/mol. The summed E-state index contributed by atoms with van der Waals surface area (Å²) < 4.78 is 15.7. The molecule has 0 aliphatic carbocycles. The summed E-state index contributed by atoms with van der Waals surface area (Å²) in [5, 5.41) is 17.5. The number of aromatic nitrogens is 3. The second-order valence-corrected chi connectivity index (χ2v) is 5.91. The molecule has 124 valence electrons. The highest BCUT2D eigenvalue weighted by molar-refractivity contribution is 5.75. The van der Waals surface area contributed by atoms with Gasteiger partial charge >= 0.3 is 5.97 Å². The third-order valence-electron chi connectivity index (χ3n) is 3.78. The number of halogens is 1. The van der Waals surface area contributed by atoms with E-state index in [1.807, 2.05) is 18.4 Å². The summed E-state index contributed by atoms with van der Waals surface area (Å²) in [6.45, 7) is 5.93. The van der Waals surface area contributed by atoms with E-state index >= 15 is 0 Å². The van der Waals surface area contributed by atoms with Crippen LogP contribution in [0.1, 0.15) is 42.9 Å². The molecule has 1 unspecified atom stereocenters. The van der Waals surface area contributed by atoms with Crippen LogP contribution in [-0.4, -0.2) is 37.8 Å². The smallest absolute Gasteiger partial charge is 0.325 e. The Bertz CT molecular complexity index is 699. The summed E-state index contributed by atoms with van der Waals surface area (Å²) in [6.07, 6.45) is 1.62. The Balaban J connectivity index is 2.28. The van der Waals surface area contributed by atoms with Crippen molar-refractivity contribution in [3.8, 4) is 0 Å². The van der Waals surface area contributed by atoms with Gasteiger partial charge in [0.2, 0.25) is 0 Å². The number of aliphatic carboxylic acids is 1. The zero-order valence-corrected chi connectivity index (χ0v) is 13.7. The van der Waals surface area contributed by atoms with Crippen LogP contribution in [0.15, 0.2) is 24.5 Å². The molecule has 0 aliphatic heterocycles. The SMILES string of the molecule is Cc1ccc(C(C(=O)O)N(C)Cc2nncn2C(C)C)cc1F. The lowest BCUT2D eigenvalue weighted by molar-refractivity contribution is -0.143. The Morgan fingerprint density at radius 1 is 1.43 bits per heavy atom. The van der Waals surface area contributed by atoms with Crippen LogP contribution in [0, 0.1) is 12.7 Å². The van der Waals surface area contributed by atoms with E-state index in [0.717, 1.165) is 0 Å². The molecule has 0 radical (unpaired) electrons. The molecule has 23 heavy (non-hydrogen) atoms. The highest BCUT2D eigenvalue weighted by Gasteiger charge is 2.26. The number of carboxylic acid groups (broad SMARTS) is 1. The standard InChI is InChI=1S/C16H21FN4O2/c1-10(2)21-9-18-19-14(21)8-20(4)15(16(22)23)12-6-5-11(3)13(17)7-12/h5-7,9-10,15H,8H2,1-4H3,(H,22,23). The van der Waals surface area contributed by atoms with E-state index in [2.05, 4.69) is 10.2 Å². The zero-order chi connectivity index (χ0) is 17.1. The summed E-state index contributed by atoms with van der Waals surface area (Å²) in [4.78, 5) is 13.3. The molecule has 0 bridgehead atoms. The number of hydrogen-bond acceptors (Lipinski definition) is 4. The van der Waals surface area contributed by atoms with Crippen molar-refractivity contribution in [3.05, 3.63) is 47.3 Å². The maximum Gasteiger partial charge on any atom is 0.325 e. The van der Waals surface area contributed by atoms with Crippen molar-refractivity contribution >= 4 is 5.97 Å². The fourth-order valence-electron chi connectivity index (χ4n) is 2.49. The lowest BCUT2D eigenvalue weighted by atomic mass is 10.0. The lowest BCUT2D eigenvalue weighted by Gasteiger charge is -2.25. The predicted molar refractivity (Wildman–Crippen MR) is 83.4 cm³/mol. The molecule has 2 aromatic rings. The van der Waals surface area contributed by atoms with Gasteiger partial charge in [-0.05, 0) is 45.0 Å². The number of nitrogens with zero attached hydrogens (tertiary/aromatic N) is 4.